The van der Waals surface area contributed by atoms with Gasteiger partial charge in [-0.25, -0.2) is 0 Å². The summed E-state index contributed by atoms with van der Waals surface area (Å²) in [6.45, 7) is 5.20. The molecule has 0 saturated heterocycles. The fourth-order valence-electron chi connectivity index (χ4n) is 2.86. The average Bonchev–Trinajstić information content (AvgIpc) is 2.84. The van der Waals surface area contributed by atoms with Gasteiger partial charge in [0.1, 0.15) is 0 Å². The molecule has 8 heteroatoms. The van der Waals surface area contributed by atoms with Gasteiger partial charge in [0.2, 0.25) is 0 Å². The van der Waals surface area contributed by atoms with Crippen molar-refractivity contribution >= 4 is 11.9 Å². The largest absolute Gasteiger partial charge is 0.504 e. The molecule has 0 spiro atoms. The summed E-state index contributed by atoms with van der Waals surface area (Å²) in [7, 11) is 3.07. The van der Waals surface area contributed by atoms with E-state index in [1.165, 1.54) is 13.2 Å². The van der Waals surface area contributed by atoms with E-state index in [1.54, 1.807) is 19.2 Å². The summed E-state index contributed by atoms with van der Waals surface area (Å²) in [6.07, 6.45) is 3.35. The lowest BCUT2D eigenvalue weighted by Gasteiger charge is -2.11. The lowest BCUT2D eigenvalue weighted by atomic mass is 10.1. The topological polar surface area (TPSA) is 112 Å². The molecule has 2 rings (SSSR count). The first kappa shape index (κ1) is 28.6. The van der Waals surface area contributed by atoms with Crippen LogP contribution in [-0.2, 0) is 27.2 Å². The van der Waals surface area contributed by atoms with Gasteiger partial charge in [0, 0.05) is 12.8 Å². The predicted molar refractivity (Wildman–Crippen MR) is 129 cm³/mol. The predicted octanol–water partition coefficient (Wildman–Crippen LogP) is 4.79. The molecule has 0 atom stereocenters. The van der Waals surface area contributed by atoms with E-state index in [-0.39, 0.29) is 18.1 Å². The molecule has 0 radical (unpaired) electrons. The SMILES string of the molecule is CCCOC(=O)CCc1ccc(OCCC)c(OC)c1.COc1cc(CCC(=O)O)ccc1O. The number of carboxylic acid groups (broad SMARTS) is 1. The standard InChI is InChI=1S/C16H24O4.C10H12O4/c1-4-10-19-14-8-6-13(12-15(14)18-3)7-9-16(17)20-11-5-2;1-14-9-6-7(2-4-8(9)11)3-5-10(12)13/h6,8,12H,4-5,7,9-11H2,1-3H3;2,4,6,11H,3,5H2,1H3,(H,12,13). The van der Waals surface area contributed by atoms with Crippen LogP contribution in [0.15, 0.2) is 36.4 Å². The van der Waals surface area contributed by atoms with Gasteiger partial charge >= 0.3 is 11.9 Å². The van der Waals surface area contributed by atoms with Crippen LogP contribution in [0.4, 0.5) is 0 Å². The number of hydrogen-bond acceptors (Lipinski definition) is 7. The summed E-state index contributed by atoms with van der Waals surface area (Å²) >= 11 is 0. The number of phenolic OH excluding ortho intramolecular Hbond substituents is 1. The number of aryl methyl sites for hydroxylation is 2. The van der Waals surface area contributed by atoms with Gasteiger partial charge in [0.15, 0.2) is 23.0 Å². The minimum atomic E-state index is -0.836. The zero-order valence-corrected chi connectivity index (χ0v) is 20.5. The Morgan fingerprint density at radius 3 is 1.97 bits per heavy atom. The molecular formula is C26H36O8. The summed E-state index contributed by atoms with van der Waals surface area (Å²) in [6, 6.07) is 10.6. The second kappa shape index (κ2) is 16.2. The van der Waals surface area contributed by atoms with Crippen LogP contribution < -0.4 is 14.2 Å². The van der Waals surface area contributed by atoms with Gasteiger partial charge in [-0.15, -0.1) is 0 Å². The van der Waals surface area contributed by atoms with E-state index >= 15 is 0 Å². The number of carboxylic acids is 1. The van der Waals surface area contributed by atoms with E-state index in [0.717, 1.165) is 29.7 Å². The minimum absolute atomic E-state index is 0.0616. The lowest BCUT2D eigenvalue weighted by molar-refractivity contribution is -0.143. The number of rotatable bonds is 13. The van der Waals surface area contributed by atoms with Gasteiger partial charge in [-0.1, -0.05) is 26.0 Å². The highest BCUT2D eigenvalue weighted by Gasteiger charge is 2.08. The fourth-order valence-corrected chi connectivity index (χ4v) is 2.86. The molecule has 0 aliphatic heterocycles. The maximum atomic E-state index is 11.5. The highest BCUT2D eigenvalue weighted by Crippen LogP contribution is 2.29. The number of esters is 1. The fraction of sp³-hybridized carbons (Fsp3) is 0.462. The third-order valence-corrected chi connectivity index (χ3v) is 4.65. The second-order valence-electron chi connectivity index (χ2n) is 7.45. The first-order valence-corrected chi connectivity index (χ1v) is 11.4. The van der Waals surface area contributed by atoms with Crippen LogP contribution in [0.2, 0.25) is 0 Å². The first-order chi connectivity index (χ1) is 16.3. The highest BCUT2D eigenvalue weighted by molar-refractivity contribution is 5.69. The van der Waals surface area contributed by atoms with E-state index < -0.39 is 5.97 Å². The molecule has 188 valence electrons. The molecule has 0 aliphatic carbocycles. The van der Waals surface area contributed by atoms with Gasteiger partial charge in [0.25, 0.3) is 0 Å². The van der Waals surface area contributed by atoms with Crippen LogP contribution in [0, 0.1) is 0 Å². The Kier molecular flexibility index (Phi) is 13.7. The molecule has 2 aromatic carbocycles. The van der Waals surface area contributed by atoms with Gasteiger partial charge in [-0.2, -0.15) is 0 Å². The summed E-state index contributed by atoms with van der Waals surface area (Å²) in [5.74, 6) is 0.887. The Morgan fingerprint density at radius 2 is 1.38 bits per heavy atom. The summed E-state index contributed by atoms with van der Waals surface area (Å²) in [5, 5.41) is 17.7. The van der Waals surface area contributed by atoms with Crippen LogP contribution in [0.3, 0.4) is 0 Å². The summed E-state index contributed by atoms with van der Waals surface area (Å²) < 4.78 is 20.9. The Labute approximate surface area is 201 Å². The molecule has 2 aromatic rings. The molecular weight excluding hydrogens is 440 g/mol. The van der Waals surface area contributed by atoms with Crippen LogP contribution in [-0.4, -0.2) is 49.6 Å². The molecule has 8 nitrogen and oxygen atoms in total. The van der Waals surface area contributed by atoms with Crippen molar-refractivity contribution in [3.8, 4) is 23.0 Å². The zero-order chi connectivity index (χ0) is 25.3. The Hall–Kier alpha value is -3.42. The van der Waals surface area contributed by atoms with Crippen molar-refractivity contribution in [2.45, 2.75) is 52.4 Å². The van der Waals surface area contributed by atoms with Crippen LogP contribution >= 0.6 is 0 Å². The van der Waals surface area contributed by atoms with Crippen LogP contribution in [0.5, 0.6) is 23.0 Å². The summed E-state index contributed by atoms with van der Waals surface area (Å²) in [5.41, 5.74) is 1.88. The second-order valence-corrected chi connectivity index (χ2v) is 7.45. The molecule has 0 aromatic heterocycles. The average molecular weight is 477 g/mol. The minimum Gasteiger partial charge on any atom is -0.504 e. The number of carbonyl (C=O) groups excluding carboxylic acids is 1. The van der Waals surface area contributed by atoms with E-state index in [4.69, 9.17) is 24.1 Å². The zero-order valence-electron chi connectivity index (χ0n) is 20.5. The van der Waals surface area contributed by atoms with Crippen molar-refractivity contribution in [2.75, 3.05) is 27.4 Å². The van der Waals surface area contributed by atoms with Crippen LogP contribution in [0.25, 0.3) is 0 Å². The number of aliphatic carboxylic acids is 1. The quantitative estimate of drug-likeness (QED) is 0.397. The Morgan fingerprint density at radius 1 is 0.794 bits per heavy atom. The number of phenols is 1. The third-order valence-electron chi connectivity index (χ3n) is 4.65. The highest BCUT2D eigenvalue weighted by atomic mass is 16.5. The molecule has 0 unspecified atom stereocenters. The number of aromatic hydroxyl groups is 1. The molecule has 0 aliphatic rings. The van der Waals surface area contributed by atoms with Crippen molar-refractivity contribution in [3.05, 3.63) is 47.5 Å². The molecule has 2 N–H and O–H groups in total. The molecule has 0 fully saturated rings. The van der Waals surface area contributed by atoms with E-state index in [1.807, 2.05) is 25.1 Å². The normalized spacial score (nSPS) is 10.0. The van der Waals surface area contributed by atoms with E-state index in [9.17, 15) is 14.7 Å². The molecule has 0 saturated carbocycles. The number of ether oxygens (including phenoxy) is 4. The smallest absolute Gasteiger partial charge is 0.306 e. The van der Waals surface area contributed by atoms with Crippen molar-refractivity contribution in [3.63, 3.8) is 0 Å². The molecule has 0 amide bonds. The van der Waals surface area contributed by atoms with Gasteiger partial charge < -0.3 is 29.2 Å². The lowest BCUT2D eigenvalue weighted by Crippen LogP contribution is -2.06. The first-order valence-electron chi connectivity index (χ1n) is 11.4. The maximum absolute atomic E-state index is 11.5. The Balaban J connectivity index is 0.000000362. The van der Waals surface area contributed by atoms with Gasteiger partial charge in [0.05, 0.1) is 27.4 Å². The number of benzene rings is 2. The van der Waals surface area contributed by atoms with Crippen LogP contribution in [0.1, 0.15) is 50.7 Å². The number of hydrogen-bond donors (Lipinski definition) is 2. The maximum Gasteiger partial charge on any atom is 0.306 e. The Bertz CT molecular complexity index is 894. The number of methoxy groups -OCH3 is 2. The van der Waals surface area contributed by atoms with Gasteiger partial charge in [-0.05, 0) is 61.1 Å². The van der Waals surface area contributed by atoms with Gasteiger partial charge in [-0.3, -0.25) is 9.59 Å². The van der Waals surface area contributed by atoms with E-state index in [0.29, 0.717) is 44.0 Å². The summed E-state index contributed by atoms with van der Waals surface area (Å²) in [4.78, 5) is 21.8. The monoisotopic (exact) mass is 476 g/mol. The van der Waals surface area contributed by atoms with Crippen molar-refractivity contribution in [1.29, 1.82) is 0 Å². The third kappa shape index (κ3) is 10.9. The van der Waals surface area contributed by atoms with Crippen molar-refractivity contribution in [1.82, 2.24) is 0 Å². The van der Waals surface area contributed by atoms with E-state index in [2.05, 4.69) is 6.92 Å². The van der Waals surface area contributed by atoms with Crippen molar-refractivity contribution in [2.24, 2.45) is 0 Å². The number of carbonyl (C=O) groups is 2. The molecule has 34 heavy (non-hydrogen) atoms. The molecule has 0 bridgehead atoms. The molecule has 0 heterocycles. The van der Waals surface area contributed by atoms with Crippen molar-refractivity contribution < 1.29 is 38.7 Å².